The fourth-order valence-corrected chi connectivity index (χ4v) is 4.96. The molecule has 0 amide bonds. The molecule has 0 saturated carbocycles. The number of fused-ring (bicyclic) bond motifs is 3. The van der Waals surface area contributed by atoms with E-state index in [0.717, 1.165) is 33.2 Å². The van der Waals surface area contributed by atoms with Gasteiger partial charge in [0.05, 0.1) is 12.3 Å². The van der Waals surface area contributed by atoms with Crippen molar-refractivity contribution in [1.82, 2.24) is 15.1 Å². The van der Waals surface area contributed by atoms with Crippen molar-refractivity contribution in [2.24, 2.45) is 0 Å². The first-order chi connectivity index (χ1) is 14.9. The molecule has 160 valence electrons. The van der Waals surface area contributed by atoms with E-state index in [1.54, 1.807) is 6.92 Å². The van der Waals surface area contributed by atoms with Crippen molar-refractivity contribution >= 4 is 36.7 Å². The second-order valence-electron chi connectivity index (χ2n) is 7.52. The Bertz CT molecular complexity index is 1360. The van der Waals surface area contributed by atoms with Gasteiger partial charge in [-0.2, -0.15) is 4.98 Å². The van der Waals surface area contributed by atoms with E-state index in [4.69, 9.17) is 9.26 Å². The second kappa shape index (κ2) is 7.89. The lowest BCUT2D eigenvalue weighted by molar-refractivity contribution is 0.0677. The summed E-state index contributed by atoms with van der Waals surface area (Å²) in [5.74, 6) is 0.291. The van der Waals surface area contributed by atoms with Gasteiger partial charge in [-0.05, 0) is 47.9 Å². The lowest BCUT2D eigenvalue weighted by atomic mass is 9.97. The summed E-state index contributed by atoms with van der Waals surface area (Å²) in [5.41, 5.74) is 5.21. The van der Waals surface area contributed by atoms with Crippen LogP contribution in [0.2, 0.25) is 0 Å². The number of halogens is 1. The standard InChI is InChI=1S/C22H20BrN3O4S/c1-2-31(27,28)12-19-25-22(30-26-19)14-5-3-13(4-6-14)21-20-16(9-10-29-21)17-11-15(23)7-8-18(17)24-20/h3-8,11,21,24H,2,9-10,12H2,1H3. The average molecular weight is 502 g/mol. The number of benzene rings is 2. The zero-order chi connectivity index (χ0) is 21.6. The minimum absolute atomic E-state index is 0.0413. The Morgan fingerprint density at radius 1 is 1.19 bits per heavy atom. The number of nitrogens with zero attached hydrogens (tertiary/aromatic N) is 2. The van der Waals surface area contributed by atoms with Gasteiger partial charge < -0.3 is 14.2 Å². The van der Waals surface area contributed by atoms with Crippen LogP contribution in [0.4, 0.5) is 0 Å². The number of H-pyrrole nitrogens is 1. The van der Waals surface area contributed by atoms with Gasteiger partial charge in [0.25, 0.3) is 5.89 Å². The summed E-state index contributed by atoms with van der Waals surface area (Å²) in [6.45, 7) is 2.25. The highest BCUT2D eigenvalue weighted by molar-refractivity contribution is 9.10. The van der Waals surface area contributed by atoms with Gasteiger partial charge in [0.1, 0.15) is 11.9 Å². The van der Waals surface area contributed by atoms with Gasteiger partial charge in [0, 0.05) is 26.7 Å². The molecule has 31 heavy (non-hydrogen) atoms. The quantitative estimate of drug-likeness (QED) is 0.429. The molecule has 0 saturated heterocycles. The molecular weight excluding hydrogens is 482 g/mol. The summed E-state index contributed by atoms with van der Waals surface area (Å²) in [4.78, 5) is 7.76. The van der Waals surface area contributed by atoms with Crippen LogP contribution >= 0.6 is 15.9 Å². The van der Waals surface area contributed by atoms with Crippen molar-refractivity contribution in [2.45, 2.75) is 25.2 Å². The Kier molecular flexibility index (Phi) is 5.19. The number of aromatic nitrogens is 3. The number of aromatic amines is 1. The van der Waals surface area contributed by atoms with E-state index in [-0.39, 0.29) is 23.4 Å². The first-order valence-electron chi connectivity index (χ1n) is 9.98. The normalized spacial score (nSPS) is 16.5. The van der Waals surface area contributed by atoms with E-state index in [0.29, 0.717) is 12.5 Å². The third-order valence-corrected chi connectivity index (χ3v) is 7.59. The van der Waals surface area contributed by atoms with Crippen molar-refractivity contribution in [3.05, 3.63) is 69.6 Å². The van der Waals surface area contributed by atoms with Crippen molar-refractivity contribution in [3.63, 3.8) is 0 Å². The van der Waals surface area contributed by atoms with E-state index in [1.165, 1.54) is 10.9 Å². The van der Waals surface area contributed by atoms with E-state index in [2.05, 4.69) is 43.2 Å². The van der Waals surface area contributed by atoms with Crippen LogP contribution in [0, 0.1) is 0 Å². The molecule has 1 unspecified atom stereocenters. The maximum atomic E-state index is 11.8. The Hall–Kier alpha value is -2.49. The van der Waals surface area contributed by atoms with Crippen LogP contribution in [0.5, 0.6) is 0 Å². The van der Waals surface area contributed by atoms with E-state index in [1.807, 2.05) is 30.3 Å². The predicted molar refractivity (Wildman–Crippen MR) is 120 cm³/mol. The molecule has 0 radical (unpaired) electrons. The number of hydrogen-bond acceptors (Lipinski definition) is 6. The Labute approximate surface area is 187 Å². The summed E-state index contributed by atoms with van der Waals surface area (Å²) < 4.78 is 36.0. The SMILES string of the molecule is CCS(=O)(=O)Cc1noc(-c2ccc(C3OCCc4c3[nH]c3ccc(Br)cc43)cc2)n1. The fraction of sp³-hybridized carbons (Fsp3) is 0.273. The van der Waals surface area contributed by atoms with Crippen LogP contribution in [0.25, 0.3) is 22.4 Å². The number of ether oxygens (including phenoxy) is 1. The molecule has 1 aliphatic heterocycles. The maximum absolute atomic E-state index is 11.8. The van der Waals surface area contributed by atoms with Crippen LogP contribution in [-0.2, 0) is 26.7 Å². The molecule has 1 atom stereocenters. The topological polar surface area (TPSA) is 98.1 Å². The fourth-order valence-electron chi connectivity index (χ4n) is 3.89. The van der Waals surface area contributed by atoms with E-state index in [9.17, 15) is 8.42 Å². The molecular formula is C22H20BrN3O4S. The minimum atomic E-state index is -3.21. The average Bonchev–Trinajstić information content (AvgIpc) is 3.38. The Morgan fingerprint density at radius 2 is 2.00 bits per heavy atom. The molecule has 0 aliphatic carbocycles. The number of sulfone groups is 1. The minimum Gasteiger partial charge on any atom is -0.367 e. The molecule has 5 rings (SSSR count). The molecule has 0 spiro atoms. The molecule has 9 heteroatoms. The zero-order valence-electron chi connectivity index (χ0n) is 16.8. The monoisotopic (exact) mass is 501 g/mol. The molecule has 1 aliphatic rings. The summed E-state index contributed by atoms with van der Waals surface area (Å²) in [6.07, 6.45) is 0.683. The maximum Gasteiger partial charge on any atom is 0.257 e. The van der Waals surface area contributed by atoms with Gasteiger partial charge in [-0.3, -0.25) is 0 Å². The van der Waals surface area contributed by atoms with Gasteiger partial charge in [0.2, 0.25) is 0 Å². The molecule has 0 bridgehead atoms. The van der Waals surface area contributed by atoms with Crippen molar-refractivity contribution in [2.75, 3.05) is 12.4 Å². The summed E-state index contributed by atoms with van der Waals surface area (Å²) in [5, 5.41) is 5.02. The third-order valence-electron chi connectivity index (χ3n) is 5.52. The highest BCUT2D eigenvalue weighted by Gasteiger charge is 2.26. The number of nitrogens with one attached hydrogen (secondary N) is 1. The largest absolute Gasteiger partial charge is 0.367 e. The lowest BCUT2D eigenvalue weighted by Gasteiger charge is -2.24. The van der Waals surface area contributed by atoms with Crippen LogP contribution < -0.4 is 0 Å². The van der Waals surface area contributed by atoms with Crippen molar-refractivity contribution < 1.29 is 17.7 Å². The molecule has 0 fully saturated rings. The summed E-state index contributed by atoms with van der Waals surface area (Å²) >= 11 is 3.56. The number of rotatable bonds is 5. The van der Waals surface area contributed by atoms with Crippen LogP contribution in [0.3, 0.4) is 0 Å². The second-order valence-corrected chi connectivity index (χ2v) is 10.8. The van der Waals surface area contributed by atoms with E-state index < -0.39 is 9.84 Å². The molecule has 2 aromatic heterocycles. The Morgan fingerprint density at radius 3 is 2.77 bits per heavy atom. The van der Waals surface area contributed by atoms with Crippen molar-refractivity contribution in [1.29, 1.82) is 0 Å². The molecule has 3 heterocycles. The lowest BCUT2D eigenvalue weighted by Crippen LogP contribution is -2.16. The van der Waals surface area contributed by atoms with Crippen LogP contribution in [-0.4, -0.2) is 35.9 Å². The van der Waals surface area contributed by atoms with Crippen LogP contribution in [0.1, 0.15) is 35.7 Å². The van der Waals surface area contributed by atoms with Gasteiger partial charge in [-0.15, -0.1) is 0 Å². The molecule has 7 nitrogen and oxygen atoms in total. The van der Waals surface area contributed by atoms with Crippen molar-refractivity contribution in [3.8, 4) is 11.5 Å². The van der Waals surface area contributed by atoms with Crippen LogP contribution in [0.15, 0.2) is 51.5 Å². The van der Waals surface area contributed by atoms with Gasteiger partial charge in [-0.25, -0.2) is 8.42 Å². The predicted octanol–water partition coefficient (Wildman–Crippen LogP) is 4.58. The Balaban J connectivity index is 1.43. The zero-order valence-corrected chi connectivity index (χ0v) is 19.2. The molecule has 1 N–H and O–H groups in total. The molecule has 4 aromatic rings. The third kappa shape index (κ3) is 3.93. The highest BCUT2D eigenvalue weighted by Crippen LogP contribution is 2.37. The first kappa shape index (κ1) is 20.4. The first-order valence-corrected chi connectivity index (χ1v) is 12.6. The van der Waals surface area contributed by atoms with Gasteiger partial charge in [0.15, 0.2) is 15.7 Å². The van der Waals surface area contributed by atoms with E-state index >= 15 is 0 Å². The number of hydrogen-bond donors (Lipinski definition) is 1. The van der Waals surface area contributed by atoms with Gasteiger partial charge in [-0.1, -0.05) is 40.1 Å². The summed E-state index contributed by atoms with van der Waals surface area (Å²) in [6, 6.07) is 14.0. The highest BCUT2D eigenvalue weighted by atomic mass is 79.9. The smallest absolute Gasteiger partial charge is 0.257 e. The van der Waals surface area contributed by atoms with Gasteiger partial charge >= 0.3 is 0 Å². The summed E-state index contributed by atoms with van der Waals surface area (Å²) in [7, 11) is -3.21. The molecule has 2 aromatic carbocycles.